The molecule has 1 atom stereocenters. The van der Waals surface area contributed by atoms with Crippen molar-refractivity contribution in [3.63, 3.8) is 0 Å². The maximum absolute atomic E-state index is 12.3. The van der Waals surface area contributed by atoms with Crippen LogP contribution in [0.1, 0.15) is 12.8 Å². The smallest absolute Gasteiger partial charge is 0.241 e. The summed E-state index contributed by atoms with van der Waals surface area (Å²) in [4.78, 5) is 2.37. The maximum Gasteiger partial charge on any atom is 0.241 e. The number of hydrogen-bond donors (Lipinski definition) is 2. The summed E-state index contributed by atoms with van der Waals surface area (Å²) >= 11 is 3.25. The topological polar surface area (TPSA) is 75.4 Å². The van der Waals surface area contributed by atoms with Crippen molar-refractivity contribution in [3.8, 4) is 0 Å². The lowest BCUT2D eigenvalue weighted by atomic mass is 10.2. The van der Waals surface area contributed by atoms with Gasteiger partial charge in [0.25, 0.3) is 0 Å². The number of likely N-dealkylation sites (tertiary alicyclic amines) is 1. The lowest BCUT2D eigenvalue weighted by molar-refractivity contribution is 0.311. The van der Waals surface area contributed by atoms with Crippen LogP contribution in [-0.2, 0) is 10.0 Å². The van der Waals surface area contributed by atoms with E-state index in [1.165, 1.54) is 6.07 Å². The fraction of sp³-hybridized carbons (Fsp3) is 0.500. The van der Waals surface area contributed by atoms with Crippen molar-refractivity contribution in [2.45, 2.75) is 23.8 Å². The van der Waals surface area contributed by atoms with E-state index in [0.29, 0.717) is 16.7 Å². The molecule has 1 aromatic rings. The normalized spacial score (nSPS) is 20.8. The third-order valence-electron chi connectivity index (χ3n) is 3.43. The van der Waals surface area contributed by atoms with Crippen LogP contribution in [0.2, 0.25) is 0 Å². The van der Waals surface area contributed by atoms with Crippen molar-refractivity contribution < 1.29 is 8.42 Å². The second kappa shape index (κ2) is 5.78. The summed E-state index contributed by atoms with van der Waals surface area (Å²) in [7, 11) is -1.51. The Morgan fingerprint density at radius 3 is 2.89 bits per heavy atom. The van der Waals surface area contributed by atoms with Crippen molar-refractivity contribution >= 4 is 31.6 Å². The molecule has 5 nitrogen and oxygen atoms in total. The number of nitrogen functional groups attached to an aromatic ring is 1. The van der Waals surface area contributed by atoms with Crippen molar-refractivity contribution in [2.75, 3.05) is 25.9 Å². The van der Waals surface area contributed by atoms with E-state index in [1.54, 1.807) is 12.1 Å². The molecule has 0 aromatic heterocycles. The number of likely N-dealkylation sites (N-methyl/N-ethyl adjacent to an activating group) is 1. The molecule has 1 aromatic carbocycles. The molecule has 0 spiro atoms. The molecular weight excluding hydrogens is 330 g/mol. The van der Waals surface area contributed by atoms with Gasteiger partial charge >= 0.3 is 0 Å². The van der Waals surface area contributed by atoms with E-state index in [9.17, 15) is 8.42 Å². The molecule has 0 bridgehead atoms. The molecule has 1 unspecified atom stereocenters. The SMILES string of the molecule is CN1CCCC1CNS(=O)(=O)c1cc(N)ccc1Br. The Kier molecular flexibility index (Phi) is 4.50. The summed E-state index contributed by atoms with van der Waals surface area (Å²) < 4.78 is 27.7. The molecule has 0 amide bonds. The van der Waals surface area contributed by atoms with Crippen molar-refractivity contribution in [1.82, 2.24) is 9.62 Å². The molecule has 106 valence electrons. The maximum atomic E-state index is 12.3. The summed E-state index contributed by atoms with van der Waals surface area (Å²) in [5.74, 6) is 0. The van der Waals surface area contributed by atoms with Crippen LogP contribution in [0.3, 0.4) is 0 Å². The number of nitrogens with one attached hydrogen (secondary N) is 1. The van der Waals surface area contributed by atoms with Crippen LogP contribution in [-0.4, -0.2) is 39.5 Å². The van der Waals surface area contributed by atoms with E-state index < -0.39 is 10.0 Å². The summed E-state index contributed by atoms with van der Waals surface area (Å²) in [6, 6.07) is 5.04. The minimum atomic E-state index is -3.53. The molecule has 0 saturated carbocycles. The third-order valence-corrected chi connectivity index (χ3v) is 5.84. The van der Waals surface area contributed by atoms with Crippen molar-refractivity contribution in [3.05, 3.63) is 22.7 Å². The third kappa shape index (κ3) is 3.47. The highest BCUT2D eigenvalue weighted by atomic mass is 79.9. The summed E-state index contributed by atoms with van der Waals surface area (Å²) in [5.41, 5.74) is 6.08. The number of hydrogen-bond acceptors (Lipinski definition) is 4. The van der Waals surface area contributed by atoms with Gasteiger partial charge in [0.05, 0.1) is 4.90 Å². The highest BCUT2D eigenvalue weighted by molar-refractivity contribution is 9.10. The van der Waals surface area contributed by atoms with E-state index >= 15 is 0 Å². The van der Waals surface area contributed by atoms with Crippen molar-refractivity contribution in [2.24, 2.45) is 0 Å². The van der Waals surface area contributed by atoms with E-state index in [1.807, 2.05) is 7.05 Å². The van der Waals surface area contributed by atoms with Gasteiger partial charge in [-0.3, -0.25) is 0 Å². The average molecular weight is 348 g/mol. The highest BCUT2D eigenvalue weighted by Crippen LogP contribution is 2.24. The van der Waals surface area contributed by atoms with Crippen LogP contribution in [0.15, 0.2) is 27.6 Å². The molecule has 7 heteroatoms. The molecule has 1 aliphatic rings. The zero-order chi connectivity index (χ0) is 14.0. The van der Waals surface area contributed by atoms with Gasteiger partial charge < -0.3 is 10.6 Å². The second-order valence-electron chi connectivity index (χ2n) is 4.82. The van der Waals surface area contributed by atoms with Crippen LogP contribution < -0.4 is 10.5 Å². The molecule has 0 radical (unpaired) electrons. The minimum Gasteiger partial charge on any atom is -0.399 e. The lowest BCUT2D eigenvalue weighted by Crippen LogP contribution is -2.38. The molecule has 1 fully saturated rings. The molecular formula is C12H18BrN3O2S. The first-order valence-electron chi connectivity index (χ1n) is 6.15. The average Bonchev–Trinajstić information content (AvgIpc) is 2.75. The summed E-state index contributed by atoms with van der Waals surface area (Å²) in [5, 5.41) is 0. The van der Waals surface area contributed by atoms with Gasteiger partial charge in [0, 0.05) is 22.7 Å². The standard InChI is InChI=1S/C12H18BrN3O2S/c1-16-6-2-3-10(16)8-15-19(17,18)12-7-9(14)4-5-11(12)13/h4-5,7,10,15H,2-3,6,8,14H2,1H3. The molecule has 1 saturated heterocycles. The number of rotatable bonds is 4. The number of anilines is 1. The summed E-state index contributed by atoms with van der Waals surface area (Å²) in [6.45, 7) is 1.45. The van der Waals surface area contributed by atoms with Crippen LogP contribution in [0, 0.1) is 0 Å². The second-order valence-corrected chi connectivity index (χ2v) is 7.41. The van der Waals surface area contributed by atoms with Crippen LogP contribution >= 0.6 is 15.9 Å². The number of benzene rings is 1. The number of sulfonamides is 1. The monoisotopic (exact) mass is 347 g/mol. The van der Waals surface area contributed by atoms with Crippen LogP contribution in [0.5, 0.6) is 0 Å². The van der Waals surface area contributed by atoms with Gasteiger partial charge in [0.1, 0.15) is 0 Å². The van der Waals surface area contributed by atoms with Crippen LogP contribution in [0.4, 0.5) is 5.69 Å². The van der Waals surface area contributed by atoms with Crippen molar-refractivity contribution in [1.29, 1.82) is 0 Å². The van der Waals surface area contributed by atoms with Gasteiger partial charge in [-0.2, -0.15) is 0 Å². The van der Waals surface area contributed by atoms with Crippen LogP contribution in [0.25, 0.3) is 0 Å². The number of nitrogens with zero attached hydrogens (tertiary/aromatic N) is 1. The first-order chi connectivity index (χ1) is 8.90. The Morgan fingerprint density at radius 1 is 1.53 bits per heavy atom. The van der Waals surface area contributed by atoms with E-state index in [4.69, 9.17) is 5.73 Å². The zero-order valence-electron chi connectivity index (χ0n) is 10.8. The van der Waals surface area contributed by atoms with E-state index in [-0.39, 0.29) is 10.9 Å². The number of halogens is 1. The largest absolute Gasteiger partial charge is 0.399 e. The van der Waals surface area contributed by atoms with Gasteiger partial charge in [-0.05, 0) is 60.6 Å². The van der Waals surface area contributed by atoms with Gasteiger partial charge in [0.2, 0.25) is 10.0 Å². The van der Waals surface area contributed by atoms with E-state index in [2.05, 4.69) is 25.6 Å². The number of nitrogens with two attached hydrogens (primary N) is 1. The molecule has 0 aliphatic carbocycles. The van der Waals surface area contributed by atoms with Gasteiger partial charge in [-0.25, -0.2) is 13.1 Å². The van der Waals surface area contributed by atoms with Gasteiger partial charge in [-0.1, -0.05) is 0 Å². The molecule has 1 aliphatic heterocycles. The first kappa shape index (κ1) is 14.8. The first-order valence-corrected chi connectivity index (χ1v) is 8.43. The Hall–Kier alpha value is -0.630. The molecule has 1 heterocycles. The van der Waals surface area contributed by atoms with Gasteiger partial charge in [0.15, 0.2) is 0 Å². The zero-order valence-corrected chi connectivity index (χ0v) is 13.2. The Morgan fingerprint density at radius 2 is 2.26 bits per heavy atom. The van der Waals surface area contributed by atoms with Gasteiger partial charge in [-0.15, -0.1) is 0 Å². The quantitative estimate of drug-likeness (QED) is 0.807. The minimum absolute atomic E-state index is 0.188. The molecule has 3 N–H and O–H groups in total. The molecule has 19 heavy (non-hydrogen) atoms. The lowest BCUT2D eigenvalue weighted by Gasteiger charge is -2.20. The fourth-order valence-corrected chi connectivity index (χ4v) is 4.32. The predicted molar refractivity (Wildman–Crippen MR) is 79.4 cm³/mol. The Balaban J connectivity index is 2.12. The summed E-state index contributed by atoms with van der Waals surface area (Å²) in [6.07, 6.45) is 2.14. The highest BCUT2D eigenvalue weighted by Gasteiger charge is 2.24. The molecule has 2 rings (SSSR count). The Labute approximate surface area is 122 Å². The van der Waals surface area contributed by atoms with E-state index in [0.717, 1.165) is 19.4 Å². The fourth-order valence-electron chi connectivity index (χ4n) is 2.25. The predicted octanol–water partition coefficient (Wildman–Crippen LogP) is 1.40. The Bertz CT molecular complexity index is 562.